The number of aliphatic hydroxyl groups is 1. The Kier molecular flexibility index (Phi) is 3.55. The third-order valence-corrected chi connectivity index (χ3v) is 9.17. The quantitative estimate of drug-likeness (QED) is 0.716. The number of aliphatic hydroxyl groups excluding tert-OH is 1. The van der Waals surface area contributed by atoms with E-state index in [0.29, 0.717) is 29.5 Å². The van der Waals surface area contributed by atoms with E-state index in [9.17, 15) is 9.90 Å². The maximum atomic E-state index is 13.3. The predicted molar refractivity (Wildman–Crippen MR) is 91.8 cm³/mol. The van der Waals surface area contributed by atoms with Gasteiger partial charge in [-0.15, -0.1) is 0 Å². The van der Waals surface area contributed by atoms with E-state index in [2.05, 4.69) is 27.7 Å². The van der Waals surface area contributed by atoms with Gasteiger partial charge in [0.15, 0.2) is 0 Å². The molecule has 0 radical (unpaired) electrons. The molecule has 2 nitrogen and oxygen atoms in total. The molecule has 130 valence electrons. The summed E-state index contributed by atoms with van der Waals surface area (Å²) in [5.41, 5.74) is 0.410. The van der Waals surface area contributed by atoms with E-state index >= 15 is 0 Å². The SMILES string of the molecule is C[C@H]1C[C@@]2(C)[C@@H](CC[C@H]3[C@@H]4CC[C@H](C)[C@@]4(C)CC(=O)[C@@H]32)C[C@@H]1O. The normalized spacial score (nSPS) is 59.2. The first kappa shape index (κ1) is 16.1. The van der Waals surface area contributed by atoms with Crippen LogP contribution in [0.15, 0.2) is 0 Å². The first-order chi connectivity index (χ1) is 10.8. The van der Waals surface area contributed by atoms with Gasteiger partial charge >= 0.3 is 0 Å². The molecule has 0 aliphatic heterocycles. The lowest BCUT2D eigenvalue weighted by molar-refractivity contribution is -0.165. The topological polar surface area (TPSA) is 37.3 Å². The third-order valence-electron chi connectivity index (χ3n) is 9.17. The molecule has 0 aromatic carbocycles. The highest BCUT2D eigenvalue weighted by Gasteiger charge is 2.63. The maximum Gasteiger partial charge on any atom is 0.137 e. The molecule has 4 saturated carbocycles. The fraction of sp³-hybridized carbons (Fsp3) is 0.952. The maximum absolute atomic E-state index is 13.3. The lowest BCUT2D eigenvalue weighted by Gasteiger charge is -2.60. The molecule has 0 aromatic rings. The van der Waals surface area contributed by atoms with Gasteiger partial charge in [-0.25, -0.2) is 0 Å². The highest BCUT2D eigenvalue weighted by molar-refractivity contribution is 5.84. The van der Waals surface area contributed by atoms with Crippen LogP contribution in [-0.2, 0) is 4.79 Å². The molecular weight excluding hydrogens is 284 g/mol. The van der Waals surface area contributed by atoms with E-state index < -0.39 is 0 Å². The van der Waals surface area contributed by atoms with Gasteiger partial charge in [-0.1, -0.05) is 27.7 Å². The Morgan fingerprint density at radius 3 is 2.52 bits per heavy atom. The van der Waals surface area contributed by atoms with E-state index in [-0.39, 0.29) is 22.9 Å². The zero-order valence-corrected chi connectivity index (χ0v) is 15.3. The summed E-state index contributed by atoms with van der Waals surface area (Å²) in [4.78, 5) is 13.3. The van der Waals surface area contributed by atoms with Crippen molar-refractivity contribution in [2.75, 3.05) is 0 Å². The van der Waals surface area contributed by atoms with Gasteiger partial charge in [-0.05, 0) is 78.9 Å². The van der Waals surface area contributed by atoms with Crippen LogP contribution in [0, 0.1) is 46.3 Å². The molecule has 0 saturated heterocycles. The largest absolute Gasteiger partial charge is 0.393 e. The van der Waals surface area contributed by atoms with Crippen molar-refractivity contribution in [3.8, 4) is 0 Å². The number of fused-ring (bicyclic) bond motifs is 5. The summed E-state index contributed by atoms with van der Waals surface area (Å²) < 4.78 is 0. The van der Waals surface area contributed by atoms with Gasteiger partial charge in [0.25, 0.3) is 0 Å². The summed E-state index contributed by atoms with van der Waals surface area (Å²) >= 11 is 0. The molecule has 0 unspecified atom stereocenters. The number of ketones is 1. The van der Waals surface area contributed by atoms with Crippen molar-refractivity contribution in [2.45, 2.75) is 78.7 Å². The second kappa shape index (κ2) is 5.07. The summed E-state index contributed by atoms with van der Waals surface area (Å²) in [6.07, 6.45) is 7.74. The number of Topliss-reactive ketones (excluding diaryl/α,β-unsaturated/α-hetero) is 1. The fourth-order valence-corrected chi connectivity index (χ4v) is 7.66. The Balaban J connectivity index is 1.70. The second-order valence-electron chi connectivity index (χ2n) is 10.1. The van der Waals surface area contributed by atoms with E-state index in [4.69, 9.17) is 0 Å². The molecule has 9 atom stereocenters. The summed E-state index contributed by atoms with van der Waals surface area (Å²) in [6.45, 7) is 9.37. The molecule has 4 fully saturated rings. The Labute approximate surface area is 141 Å². The van der Waals surface area contributed by atoms with Crippen molar-refractivity contribution in [1.29, 1.82) is 0 Å². The smallest absolute Gasteiger partial charge is 0.137 e. The lowest BCUT2D eigenvalue weighted by Crippen LogP contribution is -2.58. The van der Waals surface area contributed by atoms with Crippen LogP contribution in [0.3, 0.4) is 0 Å². The van der Waals surface area contributed by atoms with Gasteiger partial charge in [0.2, 0.25) is 0 Å². The number of hydrogen-bond donors (Lipinski definition) is 1. The zero-order valence-electron chi connectivity index (χ0n) is 15.3. The minimum atomic E-state index is -0.153. The van der Waals surface area contributed by atoms with Gasteiger partial charge in [-0.2, -0.15) is 0 Å². The molecule has 0 spiro atoms. The molecule has 0 bridgehead atoms. The van der Waals surface area contributed by atoms with E-state index in [1.807, 2.05) is 0 Å². The molecule has 23 heavy (non-hydrogen) atoms. The monoisotopic (exact) mass is 318 g/mol. The van der Waals surface area contributed by atoms with E-state index in [1.54, 1.807) is 0 Å². The van der Waals surface area contributed by atoms with Crippen molar-refractivity contribution < 1.29 is 9.90 Å². The Bertz CT molecular complexity index is 514. The molecule has 0 heterocycles. The Morgan fingerprint density at radius 1 is 1.04 bits per heavy atom. The van der Waals surface area contributed by atoms with Crippen molar-refractivity contribution in [1.82, 2.24) is 0 Å². The van der Waals surface area contributed by atoms with Crippen LogP contribution in [-0.4, -0.2) is 17.0 Å². The standard InChI is InChI=1S/C21H34O2/c1-12-10-21(4)14(9-17(12)22)6-7-15-16-8-5-13(2)20(16,3)11-18(23)19(15)21/h12-17,19,22H,5-11H2,1-4H3/t12-,13-,14-,15-,16-,17-,19+,20+,21-/m0/s1. The molecule has 1 N–H and O–H groups in total. The van der Waals surface area contributed by atoms with Crippen molar-refractivity contribution in [2.24, 2.45) is 46.3 Å². The first-order valence-electron chi connectivity index (χ1n) is 9.98. The molecule has 2 heteroatoms. The molecule has 0 aromatic heterocycles. The Morgan fingerprint density at radius 2 is 1.78 bits per heavy atom. The summed E-state index contributed by atoms with van der Waals surface area (Å²) in [7, 11) is 0. The summed E-state index contributed by atoms with van der Waals surface area (Å²) in [5.74, 6) is 3.84. The van der Waals surface area contributed by atoms with Crippen LogP contribution in [0.1, 0.15) is 72.6 Å². The number of rotatable bonds is 0. The van der Waals surface area contributed by atoms with Gasteiger partial charge in [-0.3, -0.25) is 4.79 Å². The number of carbonyl (C=O) groups excluding carboxylic acids is 1. The van der Waals surface area contributed by atoms with Gasteiger partial charge in [0, 0.05) is 12.3 Å². The van der Waals surface area contributed by atoms with Crippen LogP contribution in [0.4, 0.5) is 0 Å². The van der Waals surface area contributed by atoms with Gasteiger partial charge < -0.3 is 5.11 Å². The van der Waals surface area contributed by atoms with Crippen LogP contribution in [0.2, 0.25) is 0 Å². The van der Waals surface area contributed by atoms with E-state index in [1.165, 1.54) is 25.7 Å². The van der Waals surface area contributed by atoms with Gasteiger partial charge in [0.05, 0.1) is 6.10 Å². The number of hydrogen-bond acceptors (Lipinski definition) is 2. The fourth-order valence-electron chi connectivity index (χ4n) is 7.66. The molecule has 4 aliphatic rings. The average molecular weight is 319 g/mol. The molecular formula is C21H34O2. The molecule has 0 amide bonds. The lowest BCUT2D eigenvalue weighted by atomic mass is 9.43. The minimum Gasteiger partial charge on any atom is -0.393 e. The van der Waals surface area contributed by atoms with Crippen molar-refractivity contribution >= 4 is 5.78 Å². The predicted octanol–water partition coefficient (Wildman–Crippen LogP) is 4.45. The molecule has 4 rings (SSSR count). The van der Waals surface area contributed by atoms with Crippen molar-refractivity contribution in [3.05, 3.63) is 0 Å². The zero-order chi connectivity index (χ0) is 16.6. The van der Waals surface area contributed by atoms with Gasteiger partial charge in [0.1, 0.15) is 5.78 Å². The third kappa shape index (κ3) is 2.06. The summed E-state index contributed by atoms with van der Waals surface area (Å²) in [6, 6.07) is 0. The number of carbonyl (C=O) groups is 1. The highest BCUT2D eigenvalue weighted by atomic mass is 16.3. The van der Waals surface area contributed by atoms with Crippen LogP contribution in [0.25, 0.3) is 0 Å². The second-order valence-corrected chi connectivity index (χ2v) is 10.1. The molecule has 4 aliphatic carbocycles. The average Bonchev–Trinajstić information content (AvgIpc) is 2.76. The highest BCUT2D eigenvalue weighted by Crippen LogP contribution is 2.66. The minimum absolute atomic E-state index is 0.145. The van der Waals surface area contributed by atoms with Crippen molar-refractivity contribution in [3.63, 3.8) is 0 Å². The van der Waals surface area contributed by atoms with Crippen LogP contribution < -0.4 is 0 Å². The van der Waals surface area contributed by atoms with Crippen LogP contribution >= 0.6 is 0 Å². The first-order valence-corrected chi connectivity index (χ1v) is 9.98. The summed E-state index contributed by atoms with van der Waals surface area (Å²) in [5, 5.41) is 10.3. The van der Waals surface area contributed by atoms with Crippen LogP contribution in [0.5, 0.6) is 0 Å². The van der Waals surface area contributed by atoms with E-state index in [0.717, 1.165) is 25.2 Å². The Hall–Kier alpha value is -0.370.